The summed E-state index contributed by atoms with van der Waals surface area (Å²) in [4.78, 5) is 11.4. The Balaban J connectivity index is 1.41. The van der Waals surface area contributed by atoms with Gasteiger partial charge in [0, 0.05) is 26.2 Å². The summed E-state index contributed by atoms with van der Waals surface area (Å²) in [6.45, 7) is 3.28. The lowest BCUT2D eigenvalue weighted by molar-refractivity contribution is 0.340. The number of anilines is 2. The Kier molecular flexibility index (Phi) is 7.79. The maximum atomic E-state index is 13.3. The molecule has 0 radical (unpaired) electrons. The average Bonchev–Trinajstić information content (AvgIpc) is 2.97. The molecule has 13 heteroatoms. The average molecular weight is 584 g/mol. The Morgan fingerprint density at radius 3 is 1.95 bits per heavy atom. The molecular formula is C27H29N5O6S2. The van der Waals surface area contributed by atoms with E-state index in [2.05, 4.69) is 9.71 Å². The number of fused-ring (bicyclic) bond motifs is 1. The van der Waals surface area contributed by atoms with Crippen molar-refractivity contribution in [2.24, 2.45) is 0 Å². The van der Waals surface area contributed by atoms with Crippen LogP contribution in [-0.4, -0.2) is 71.0 Å². The quantitative estimate of drug-likeness (QED) is 0.315. The van der Waals surface area contributed by atoms with Crippen molar-refractivity contribution in [2.45, 2.75) is 16.7 Å². The number of hydrogen-bond donors (Lipinski definition) is 1. The van der Waals surface area contributed by atoms with Gasteiger partial charge in [0.15, 0.2) is 11.6 Å². The highest BCUT2D eigenvalue weighted by Gasteiger charge is 2.31. The number of rotatable bonds is 9. The van der Waals surface area contributed by atoms with Gasteiger partial charge in [-0.1, -0.05) is 12.1 Å². The number of methoxy groups -OCH3 is 1. The number of aromatic nitrogens is 2. The number of para-hydroxylation sites is 2. The molecule has 1 aliphatic heterocycles. The molecule has 0 aliphatic carbocycles. The van der Waals surface area contributed by atoms with Crippen molar-refractivity contribution in [2.75, 3.05) is 49.5 Å². The topological polar surface area (TPSA) is 131 Å². The summed E-state index contributed by atoms with van der Waals surface area (Å²) in [6.07, 6.45) is 0. The van der Waals surface area contributed by atoms with Crippen LogP contribution in [0.4, 0.5) is 11.6 Å². The SMILES string of the molecule is CCOc1ccc(S(=O)(=O)Nc2nc3ccccc3nc2N2CCN(S(=O)(=O)c3ccc(OC)cc3)CC2)cc1. The minimum atomic E-state index is -4.00. The maximum absolute atomic E-state index is 13.3. The van der Waals surface area contributed by atoms with Gasteiger partial charge in [-0.05, 0) is 67.6 Å². The number of benzene rings is 3. The van der Waals surface area contributed by atoms with E-state index in [1.54, 1.807) is 42.5 Å². The minimum Gasteiger partial charge on any atom is -0.497 e. The lowest BCUT2D eigenvalue weighted by Gasteiger charge is -2.35. The van der Waals surface area contributed by atoms with Crippen LogP contribution in [0.1, 0.15) is 6.92 Å². The Morgan fingerprint density at radius 1 is 0.775 bits per heavy atom. The van der Waals surface area contributed by atoms with Gasteiger partial charge in [0.25, 0.3) is 10.0 Å². The lowest BCUT2D eigenvalue weighted by Crippen LogP contribution is -2.49. The normalized spacial score (nSPS) is 14.7. The summed E-state index contributed by atoms with van der Waals surface area (Å²) in [7, 11) is -6.20. The molecule has 0 amide bonds. The molecule has 1 aromatic heterocycles. The van der Waals surface area contributed by atoms with Gasteiger partial charge in [0.1, 0.15) is 11.5 Å². The third-order valence-corrected chi connectivity index (χ3v) is 9.73. The van der Waals surface area contributed by atoms with Crippen molar-refractivity contribution in [1.82, 2.24) is 14.3 Å². The van der Waals surface area contributed by atoms with E-state index < -0.39 is 20.0 Å². The van der Waals surface area contributed by atoms with Crippen molar-refractivity contribution in [3.05, 3.63) is 72.8 Å². The first kappa shape index (κ1) is 27.6. The van der Waals surface area contributed by atoms with Crippen LogP contribution in [0.15, 0.2) is 82.6 Å². The predicted octanol–water partition coefficient (Wildman–Crippen LogP) is 3.35. The summed E-state index contributed by atoms with van der Waals surface area (Å²) in [5, 5.41) is 0. The van der Waals surface area contributed by atoms with Gasteiger partial charge in [-0.3, -0.25) is 4.72 Å². The third kappa shape index (κ3) is 5.67. The zero-order chi connectivity index (χ0) is 28.3. The maximum Gasteiger partial charge on any atom is 0.263 e. The molecule has 0 bridgehead atoms. The smallest absolute Gasteiger partial charge is 0.263 e. The number of nitrogens with one attached hydrogen (secondary N) is 1. The Bertz CT molecular complexity index is 1710. The third-order valence-electron chi connectivity index (χ3n) is 6.46. The molecule has 0 spiro atoms. The van der Waals surface area contributed by atoms with Crippen LogP contribution >= 0.6 is 0 Å². The van der Waals surface area contributed by atoms with Crippen LogP contribution in [0.5, 0.6) is 11.5 Å². The van der Waals surface area contributed by atoms with Crippen molar-refractivity contribution in [3.63, 3.8) is 0 Å². The first-order valence-electron chi connectivity index (χ1n) is 12.6. The molecule has 5 rings (SSSR count). The zero-order valence-electron chi connectivity index (χ0n) is 22.0. The molecule has 0 unspecified atom stereocenters. The lowest BCUT2D eigenvalue weighted by atomic mass is 10.3. The number of ether oxygens (including phenoxy) is 2. The molecule has 1 aliphatic rings. The summed E-state index contributed by atoms with van der Waals surface area (Å²) < 4.78 is 67.6. The summed E-state index contributed by atoms with van der Waals surface area (Å²) in [6, 6.07) is 19.5. The number of sulfonamides is 2. The minimum absolute atomic E-state index is 0.0484. The predicted molar refractivity (Wildman–Crippen MR) is 152 cm³/mol. The van der Waals surface area contributed by atoms with E-state index in [1.165, 1.54) is 35.7 Å². The molecule has 1 saturated heterocycles. The van der Waals surface area contributed by atoms with Crippen molar-refractivity contribution in [1.29, 1.82) is 0 Å². The first-order chi connectivity index (χ1) is 19.2. The van der Waals surface area contributed by atoms with Gasteiger partial charge in [-0.25, -0.2) is 26.8 Å². The summed E-state index contributed by atoms with van der Waals surface area (Å²) >= 11 is 0. The van der Waals surface area contributed by atoms with Gasteiger partial charge < -0.3 is 14.4 Å². The standard InChI is InChI=1S/C27H29N5O6S2/c1-3-38-21-10-12-22(13-11-21)39(33,34)30-26-27(29-25-7-5-4-6-24(25)28-26)31-16-18-32(19-17-31)40(35,36)23-14-8-20(37-2)9-15-23/h4-15H,3,16-19H2,1-2H3,(H,28,30). The highest BCUT2D eigenvalue weighted by molar-refractivity contribution is 7.92. The van der Waals surface area contributed by atoms with Crippen LogP contribution in [0.2, 0.25) is 0 Å². The van der Waals surface area contributed by atoms with Gasteiger partial charge in [0.2, 0.25) is 10.0 Å². The number of piperazine rings is 1. The van der Waals surface area contributed by atoms with Crippen LogP contribution in [0.25, 0.3) is 11.0 Å². The Morgan fingerprint density at radius 2 is 1.35 bits per heavy atom. The second kappa shape index (κ2) is 11.3. The van der Waals surface area contributed by atoms with Crippen LogP contribution in [0, 0.1) is 0 Å². The summed E-state index contributed by atoms with van der Waals surface area (Å²) in [5.74, 6) is 1.53. The Hall–Kier alpha value is -3.94. The van der Waals surface area contributed by atoms with E-state index in [0.29, 0.717) is 48.0 Å². The van der Waals surface area contributed by atoms with Gasteiger partial charge >= 0.3 is 0 Å². The zero-order valence-corrected chi connectivity index (χ0v) is 23.7. The molecule has 4 aromatic rings. The second-order valence-corrected chi connectivity index (χ2v) is 12.6. The fourth-order valence-electron chi connectivity index (χ4n) is 4.38. The van der Waals surface area contributed by atoms with E-state index >= 15 is 0 Å². The molecule has 0 saturated carbocycles. The molecule has 210 valence electrons. The molecular weight excluding hydrogens is 554 g/mol. The van der Waals surface area contributed by atoms with Crippen LogP contribution < -0.4 is 19.1 Å². The molecule has 0 atom stereocenters. The van der Waals surface area contributed by atoms with Crippen molar-refractivity contribution < 1.29 is 26.3 Å². The monoisotopic (exact) mass is 583 g/mol. The second-order valence-electron chi connectivity index (χ2n) is 8.96. The molecule has 3 aromatic carbocycles. The molecule has 2 heterocycles. The largest absolute Gasteiger partial charge is 0.497 e. The van der Waals surface area contributed by atoms with E-state index in [9.17, 15) is 16.8 Å². The van der Waals surface area contributed by atoms with E-state index in [1.807, 2.05) is 17.9 Å². The highest BCUT2D eigenvalue weighted by Crippen LogP contribution is 2.30. The summed E-state index contributed by atoms with van der Waals surface area (Å²) in [5.41, 5.74) is 1.12. The fraction of sp³-hybridized carbons (Fsp3) is 0.259. The van der Waals surface area contributed by atoms with Crippen molar-refractivity contribution >= 4 is 42.7 Å². The fourth-order valence-corrected chi connectivity index (χ4v) is 6.81. The van der Waals surface area contributed by atoms with Crippen LogP contribution in [0.3, 0.4) is 0 Å². The molecule has 40 heavy (non-hydrogen) atoms. The first-order valence-corrected chi connectivity index (χ1v) is 15.6. The van der Waals surface area contributed by atoms with Crippen LogP contribution in [-0.2, 0) is 20.0 Å². The van der Waals surface area contributed by atoms with Gasteiger partial charge in [-0.15, -0.1) is 0 Å². The van der Waals surface area contributed by atoms with Gasteiger partial charge in [-0.2, -0.15) is 4.31 Å². The number of nitrogens with zero attached hydrogens (tertiary/aromatic N) is 4. The molecule has 11 nitrogen and oxygen atoms in total. The highest BCUT2D eigenvalue weighted by atomic mass is 32.2. The Labute approximate surface area is 233 Å². The van der Waals surface area contributed by atoms with E-state index in [-0.39, 0.29) is 28.7 Å². The van der Waals surface area contributed by atoms with E-state index in [0.717, 1.165) is 0 Å². The van der Waals surface area contributed by atoms with Gasteiger partial charge in [0.05, 0.1) is 34.5 Å². The molecule has 1 fully saturated rings. The van der Waals surface area contributed by atoms with Crippen molar-refractivity contribution in [3.8, 4) is 11.5 Å². The van der Waals surface area contributed by atoms with E-state index in [4.69, 9.17) is 14.5 Å². The molecule has 1 N–H and O–H groups in total. The number of hydrogen-bond acceptors (Lipinski definition) is 9.